The molecule has 1 rings (SSSR count). The minimum atomic E-state index is 1.21. The first-order valence-corrected chi connectivity index (χ1v) is 2.33. The van der Waals surface area contributed by atoms with Gasteiger partial charge in [0.05, 0.1) is 0 Å². The third-order valence-corrected chi connectivity index (χ3v) is 1.22. The molecule has 0 saturated carbocycles. The minimum Gasteiger partial charge on any atom is -0.152 e. The quantitative estimate of drug-likeness (QED) is 0.414. The van der Waals surface area contributed by atoms with Crippen LogP contribution in [-0.2, 0) is 0 Å². The summed E-state index contributed by atoms with van der Waals surface area (Å²) in [5, 5.41) is 0. The number of hydrogen-bond acceptors (Lipinski definition) is 1. The Bertz CT molecular complexity index is 11.2. The summed E-state index contributed by atoms with van der Waals surface area (Å²) in [7, 11) is 0. The summed E-state index contributed by atoms with van der Waals surface area (Å²) in [5.41, 5.74) is 0. The van der Waals surface area contributed by atoms with E-state index < -0.39 is 0 Å². The van der Waals surface area contributed by atoms with E-state index in [0.717, 1.165) is 0 Å². The van der Waals surface area contributed by atoms with Gasteiger partial charge < -0.3 is 0 Å². The van der Waals surface area contributed by atoms with Crippen molar-refractivity contribution >= 4 is 11.8 Å². The van der Waals surface area contributed by atoms with E-state index in [1.807, 2.05) is 0 Å². The van der Waals surface area contributed by atoms with Gasteiger partial charge in [-0.1, -0.05) is 0 Å². The number of thioether (sulfide) groups is 1. The molecule has 0 bridgehead atoms. The van der Waals surface area contributed by atoms with Crippen LogP contribution < -0.4 is 0 Å². The third-order valence-electron chi connectivity index (χ3n) is 0.408. The molecule has 1 aliphatic rings. The van der Waals surface area contributed by atoms with Gasteiger partial charge in [0.2, 0.25) is 0 Å². The summed E-state index contributed by atoms with van der Waals surface area (Å²) in [4.78, 5) is 0. The average Bonchev–Trinajstić information content (AvgIpc) is 0.722. The van der Waals surface area contributed by atoms with E-state index in [4.69, 9.17) is 0 Å². The lowest BCUT2D eigenvalue weighted by Gasteiger charge is -2.03. The Morgan fingerprint density at radius 1 is 1.75 bits per heavy atom. The van der Waals surface area contributed by atoms with Gasteiger partial charge in [-0.3, -0.25) is 0 Å². The first-order valence-electron chi connectivity index (χ1n) is 1.35. The molecule has 0 spiro atoms. The Hall–Kier alpha value is 0.350. The summed E-state index contributed by atoms with van der Waals surface area (Å²) in [6.07, 6.45) is 1.21. The van der Waals surface area contributed by atoms with Crippen LogP contribution in [0.15, 0.2) is 0 Å². The minimum absolute atomic E-state index is 1.21. The maximum absolute atomic E-state index is 3.03. The first kappa shape index (κ1) is 2.58. The van der Waals surface area contributed by atoms with Crippen LogP contribution in [0.25, 0.3) is 0 Å². The van der Waals surface area contributed by atoms with Crippen molar-refractivity contribution in [2.45, 2.75) is 6.42 Å². The first-order chi connectivity index (χ1) is 2.00. The lowest BCUT2D eigenvalue weighted by atomic mass is 10.6. The van der Waals surface area contributed by atoms with E-state index in [1.54, 1.807) is 11.8 Å². The van der Waals surface area contributed by atoms with Crippen LogP contribution in [0.1, 0.15) is 6.42 Å². The van der Waals surface area contributed by atoms with Gasteiger partial charge >= 0.3 is 0 Å². The van der Waals surface area contributed by atoms with E-state index in [2.05, 4.69) is 5.75 Å². The predicted octanol–water partition coefficient (Wildman–Crippen LogP) is 1.16. The Morgan fingerprint density at radius 2 is 2.00 bits per heavy atom. The van der Waals surface area contributed by atoms with Crippen molar-refractivity contribution in [3.05, 3.63) is 5.75 Å². The molecule has 0 aromatic carbocycles. The largest absolute Gasteiger partial charge is 0.152 e. The second-order valence-corrected chi connectivity index (χ2v) is 1.73. The molecule has 1 heterocycles. The van der Waals surface area contributed by atoms with Gasteiger partial charge in [-0.05, 0) is 12.2 Å². The molecule has 0 amide bonds. The standard InChI is InChI=1S/C3H4S/c1-2-4-3-1/h1-2H2. The van der Waals surface area contributed by atoms with Crippen LogP contribution in [0.3, 0.4) is 0 Å². The van der Waals surface area contributed by atoms with Crippen molar-refractivity contribution < 1.29 is 0 Å². The molecule has 22 valence electrons. The van der Waals surface area contributed by atoms with Gasteiger partial charge in [0, 0.05) is 5.75 Å². The van der Waals surface area contributed by atoms with E-state index in [1.165, 1.54) is 12.2 Å². The second kappa shape index (κ2) is 0.978. The monoisotopic (exact) mass is 72.0 g/mol. The highest BCUT2D eigenvalue weighted by atomic mass is 32.2. The molecule has 4 heavy (non-hydrogen) atoms. The fourth-order valence-electron chi connectivity index (χ4n) is 0.102. The lowest BCUT2D eigenvalue weighted by molar-refractivity contribution is 1.16. The van der Waals surface area contributed by atoms with Crippen molar-refractivity contribution in [3.8, 4) is 0 Å². The number of rotatable bonds is 0. The average molecular weight is 72.1 g/mol. The van der Waals surface area contributed by atoms with Gasteiger partial charge in [-0.25, -0.2) is 0 Å². The molecule has 0 N–H and O–H groups in total. The summed E-state index contributed by atoms with van der Waals surface area (Å²) >= 11 is 1.79. The summed E-state index contributed by atoms with van der Waals surface area (Å²) < 4.78 is 0. The van der Waals surface area contributed by atoms with Crippen molar-refractivity contribution in [1.82, 2.24) is 0 Å². The summed E-state index contributed by atoms with van der Waals surface area (Å²) in [5.74, 6) is 4.33. The molecule has 1 aliphatic heterocycles. The predicted molar refractivity (Wildman–Crippen MR) is 20.3 cm³/mol. The van der Waals surface area contributed by atoms with E-state index in [-0.39, 0.29) is 0 Å². The Balaban J connectivity index is 2.00. The molecule has 1 fully saturated rings. The van der Waals surface area contributed by atoms with Crippen LogP contribution in [-0.4, -0.2) is 5.75 Å². The van der Waals surface area contributed by atoms with Crippen molar-refractivity contribution in [2.24, 2.45) is 0 Å². The topological polar surface area (TPSA) is 0 Å². The van der Waals surface area contributed by atoms with Gasteiger partial charge in [0.25, 0.3) is 0 Å². The van der Waals surface area contributed by atoms with Crippen LogP contribution in [0.2, 0.25) is 0 Å². The number of hydrogen-bond donors (Lipinski definition) is 0. The molecule has 1 saturated heterocycles. The lowest BCUT2D eigenvalue weighted by Crippen LogP contribution is -1.86. The second-order valence-electron chi connectivity index (χ2n) is 0.743. The molecule has 0 aromatic rings. The van der Waals surface area contributed by atoms with E-state index in [0.29, 0.717) is 0 Å². The van der Waals surface area contributed by atoms with Crippen molar-refractivity contribution in [1.29, 1.82) is 0 Å². The zero-order chi connectivity index (χ0) is 2.83. The molecule has 0 atom stereocenters. The fraction of sp³-hybridized carbons (Fsp3) is 0.667. The molecule has 0 aromatic heterocycles. The van der Waals surface area contributed by atoms with Crippen molar-refractivity contribution in [2.75, 3.05) is 5.75 Å². The SMILES string of the molecule is [C]1CCS1. The summed E-state index contributed by atoms with van der Waals surface area (Å²) in [6, 6.07) is 0. The van der Waals surface area contributed by atoms with Crippen LogP contribution in [0.5, 0.6) is 0 Å². The molecular formula is C3H4S. The van der Waals surface area contributed by atoms with Crippen molar-refractivity contribution in [3.63, 3.8) is 0 Å². The van der Waals surface area contributed by atoms with Gasteiger partial charge in [-0.2, -0.15) is 11.8 Å². The Morgan fingerprint density at radius 3 is 2.00 bits per heavy atom. The molecule has 0 unspecified atom stereocenters. The maximum Gasteiger partial charge on any atom is 0.0489 e. The molecule has 0 aliphatic carbocycles. The van der Waals surface area contributed by atoms with E-state index in [9.17, 15) is 0 Å². The Kier molecular flexibility index (Phi) is 0.631. The van der Waals surface area contributed by atoms with Crippen LogP contribution in [0.4, 0.5) is 0 Å². The normalized spacial score (nSPS) is 24.0. The smallest absolute Gasteiger partial charge is 0.0489 e. The van der Waals surface area contributed by atoms with Crippen LogP contribution in [0, 0.1) is 5.75 Å². The highest BCUT2D eigenvalue weighted by Gasteiger charge is 1.97. The third kappa shape index (κ3) is 0.226. The highest BCUT2D eigenvalue weighted by Crippen LogP contribution is 2.21. The highest BCUT2D eigenvalue weighted by molar-refractivity contribution is 8.02. The summed E-state index contributed by atoms with van der Waals surface area (Å²) in [6.45, 7) is 0. The Labute approximate surface area is 30.6 Å². The van der Waals surface area contributed by atoms with Gasteiger partial charge in [0.15, 0.2) is 0 Å². The van der Waals surface area contributed by atoms with Gasteiger partial charge in [0.1, 0.15) is 0 Å². The van der Waals surface area contributed by atoms with Crippen LogP contribution >= 0.6 is 11.8 Å². The van der Waals surface area contributed by atoms with Gasteiger partial charge in [-0.15, -0.1) is 0 Å². The van der Waals surface area contributed by atoms with E-state index >= 15 is 0 Å². The molecule has 0 nitrogen and oxygen atoms in total. The maximum atomic E-state index is 3.03. The molecular weight excluding hydrogens is 68.1 g/mol. The zero-order valence-corrected chi connectivity index (χ0v) is 3.14. The molecule has 1 heteroatoms. The molecule has 2 radical (unpaired) electrons. The fourth-order valence-corrected chi connectivity index (χ4v) is 0.306. The zero-order valence-electron chi connectivity index (χ0n) is 2.32.